The van der Waals surface area contributed by atoms with E-state index >= 15 is 0 Å². The quantitative estimate of drug-likeness (QED) is 0.435. The molecule has 132 valence electrons. The Bertz CT molecular complexity index is 356. The molecule has 4 heteroatoms. The van der Waals surface area contributed by atoms with E-state index in [9.17, 15) is 0 Å². The number of nitrogens with one attached hydrogen (secondary N) is 2. The van der Waals surface area contributed by atoms with E-state index in [1.54, 1.807) is 0 Å². The van der Waals surface area contributed by atoms with Gasteiger partial charge >= 0.3 is 0 Å². The third-order valence-corrected chi connectivity index (χ3v) is 4.10. The van der Waals surface area contributed by atoms with E-state index in [-0.39, 0.29) is 0 Å². The van der Waals surface area contributed by atoms with E-state index in [1.165, 1.54) is 44.2 Å². The van der Waals surface area contributed by atoms with Gasteiger partial charge in [0.25, 0.3) is 0 Å². The van der Waals surface area contributed by atoms with Crippen LogP contribution in [0.25, 0.3) is 0 Å². The van der Waals surface area contributed by atoms with Crippen LogP contribution in [0.3, 0.4) is 0 Å². The fourth-order valence-corrected chi connectivity index (χ4v) is 2.62. The van der Waals surface area contributed by atoms with Crippen LogP contribution in [0.15, 0.2) is 30.3 Å². The van der Waals surface area contributed by atoms with Crippen LogP contribution in [0.1, 0.15) is 38.5 Å². The molecular weight excluding hydrogens is 284 g/mol. The average Bonchev–Trinajstić information content (AvgIpc) is 2.59. The summed E-state index contributed by atoms with van der Waals surface area (Å²) in [4.78, 5) is 2.30. The molecule has 23 heavy (non-hydrogen) atoms. The minimum absolute atomic E-state index is 0.744. The highest BCUT2D eigenvalue weighted by molar-refractivity contribution is 5.44. The van der Waals surface area contributed by atoms with Crippen LogP contribution in [-0.2, 0) is 0 Å². The first-order chi connectivity index (χ1) is 11.3. The zero-order chi connectivity index (χ0) is 16.6. The lowest BCUT2D eigenvalue weighted by molar-refractivity contribution is 0.552. The fourth-order valence-electron chi connectivity index (χ4n) is 2.62. The predicted octanol–water partition coefficient (Wildman–Crippen LogP) is 2.60. The predicted molar refractivity (Wildman–Crippen MR) is 102 cm³/mol. The van der Waals surface area contributed by atoms with Crippen LogP contribution in [0.5, 0.6) is 0 Å². The molecule has 1 aromatic rings. The molecule has 0 radical (unpaired) electrons. The van der Waals surface area contributed by atoms with E-state index < -0.39 is 0 Å². The number of nitrogens with zero attached hydrogens (tertiary/aromatic N) is 1. The number of nitrogens with two attached hydrogens (primary N) is 1. The van der Waals surface area contributed by atoms with Crippen LogP contribution < -0.4 is 21.3 Å². The fraction of sp³-hybridized carbons (Fsp3) is 0.684. The summed E-state index contributed by atoms with van der Waals surface area (Å²) >= 11 is 0. The second kappa shape index (κ2) is 14.5. The van der Waals surface area contributed by atoms with E-state index in [1.807, 2.05) is 0 Å². The summed E-state index contributed by atoms with van der Waals surface area (Å²) in [5.41, 5.74) is 6.72. The van der Waals surface area contributed by atoms with Gasteiger partial charge in [-0.3, -0.25) is 0 Å². The van der Waals surface area contributed by atoms with Gasteiger partial charge in [-0.25, -0.2) is 0 Å². The van der Waals surface area contributed by atoms with Gasteiger partial charge in [0.05, 0.1) is 0 Å². The van der Waals surface area contributed by atoms with Gasteiger partial charge < -0.3 is 21.3 Å². The number of likely N-dealkylation sites (N-methyl/N-ethyl adjacent to an activating group) is 1. The molecule has 0 aromatic heterocycles. The summed E-state index contributed by atoms with van der Waals surface area (Å²) in [5, 5.41) is 6.89. The van der Waals surface area contributed by atoms with Crippen molar-refractivity contribution in [3.63, 3.8) is 0 Å². The molecule has 0 fully saturated rings. The van der Waals surface area contributed by atoms with Crippen molar-refractivity contribution in [2.75, 3.05) is 51.2 Å². The van der Waals surface area contributed by atoms with Crippen LogP contribution in [0, 0.1) is 0 Å². The van der Waals surface area contributed by atoms with Gasteiger partial charge in [-0.2, -0.15) is 0 Å². The maximum atomic E-state index is 5.43. The molecule has 0 bridgehead atoms. The standard InChI is InChI=1S/C19H36N4/c1-23(19-11-7-6-8-12-19)18-17-22-15-10-5-3-2-4-9-14-21-16-13-20/h6-8,11-12,21-22H,2-5,9-10,13-18,20H2,1H3. The SMILES string of the molecule is CN(CCNCCCCCCCCNCCN)c1ccccc1. The Balaban J connectivity index is 1.81. The van der Waals surface area contributed by atoms with Crippen molar-refractivity contribution >= 4 is 5.69 Å². The van der Waals surface area contributed by atoms with Gasteiger partial charge in [-0.15, -0.1) is 0 Å². The van der Waals surface area contributed by atoms with E-state index in [0.717, 1.165) is 39.3 Å². The first-order valence-electron chi connectivity index (χ1n) is 9.22. The summed E-state index contributed by atoms with van der Waals surface area (Å²) in [7, 11) is 2.15. The molecule has 0 spiro atoms. The molecule has 0 aliphatic heterocycles. The van der Waals surface area contributed by atoms with Gasteiger partial charge in [0, 0.05) is 38.9 Å². The molecule has 4 N–H and O–H groups in total. The van der Waals surface area contributed by atoms with Crippen molar-refractivity contribution < 1.29 is 0 Å². The largest absolute Gasteiger partial charge is 0.373 e. The maximum absolute atomic E-state index is 5.43. The first-order valence-corrected chi connectivity index (χ1v) is 9.22. The molecule has 1 rings (SSSR count). The van der Waals surface area contributed by atoms with Gasteiger partial charge in [0.15, 0.2) is 0 Å². The second-order valence-electron chi connectivity index (χ2n) is 6.17. The van der Waals surface area contributed by atoms with Crippen molar-refractivity contribution in [2.24, 2.45) is 5.73 Å². The lowest BCUT2D eigenvalue weighted by atomic mass is 10.1. The summed E-state index contributed by atoms with van der Waals surface area (Å²) in [6, 6.07) is 10.6. The number of unbranched alkanes of at least 4 members (excludes halogenated alkanes) is 5. The Morgan fingerprint density at radius 3 is 1.96 bits per heavy atom. The van der Waals surface area contributed by atoms with Crippen LogP contribution >= 0.6 is 0 Å². The molecule has 0 saturated carbocycles. The molecule has 0 amide bonds. The van der Waals surface area contributed by atoms with Crippen LogP contribution in [-0.4, -0.2) is 46.3 Å². The second-order valence-corrected chi connectivity index (χ2v) is 6.17. The molecular formula is C19H36N4. The Morgan fingerprint density at radius 1 is 0.783 bits per heavy atom. The lowest BCUT2D eigenvalue weighted by Crippen LogP contribution is -2.29. The highest BCUT2D eigenvalue weighted by Crippen LogP contribution is 2.09. The van der Waals surface area contributed by atoms with Crippen molar-refractivity contribution in [1.82, 2.24) is 10.6 Å². The smallest absolute Gasteiger partial charge is 0.0364 e. The lowest BCUT2D eigenvalue weighted by Gasteiger charge is -2.19. The molecule has 4 nitrogen and oxygen atoms in total. The highest BCUT2D eigenvalue weighted by Gasteiger charge is 1.98. The third kappa shape index (κ3) is 11.1. The molecule has 1 aromatic carbocycles. The van der Waals surface area contributed by atoms with E-state index in [2.05, 4.69) is 52.9 Å². The van der Waals surface area contributed by atoms with Crippen molar-refractivity contribution in [2.45, 2.75) is 38.5 Å². The van der Waals surface area contributed by atoms with Crippen molar-refractivity contribution in [3.05, 3.63) is 30.3 Å². The molecule has 0 saturated heterocycles. The zero-order valence-corrected chi connectivity index (χ0v) is 14.9. The van der Waals surface area contributed by atoms with Gasteiger partial charge in [0.1, 0.15) is 0 Å². The normalized spacial score (nSPS) is 10.9. The Labute approximate surface area is 142 Å². The first kappa shape index (κ1) is 19.9. The zero-order valence-electron chi connectivity index (χ0n) is 14.9. The van der Waals surface area contributed by atoms with Crippen molar-refractivity contribution in [3.8, 4) is 0 Å². The molecule has 0 heterocycles. The Hall–Kier alpha value is -1.10. The van der Waals surface area contributed by atoms with Crippen LogP contribution in [0.4, 0.5) is 5.69 Å². The molecule has 0 atom stereocenters. The molecule has 0 unspecified atom stereocenters. The van der Waals surface area contributed by atoms with Gasteiger partial charge in [-0.1, -0.05) is 43.9 Å². The number of rotatable bonds is 15. The molecule has 0 aliphatic rings. The Kier molecular flexibility index (Phi) is 12.6. The maximum Gasteiger partial charge on any atom is 0.0364 e. The third-order valence-electron chi connectivity index (χ3n) is 4.10. The number of hydrogen-bond acceptors (Lipinski definition) is 4. The van der Waals surface area contributed by atoms with Gasteiger partial charge in [0.2, 0.25) is 0 Å². The van der Waals surface area contributed by atoms with Crippen LogP contribution in [0.2, 0.25) is 0 Å². The number of anilines is 1. The number of benzene rings is 1. The molecule has 0 aliphatic carbocycles. The number of hydrogen-bond donors (Lipinski definition) is 3. The summed E-state index contributed by atoms with van der Waals surface area (Å²) in [6.07, 6.45) is 7.98. The highest BCUT2D eigenvalue weighted by atomic mass is 15.1. The van der Waals surface area contributed by atoms with Crippen molar-refractivity contribution in [1.29, 1.82) is 0 Å². The summed E-state index contributed by atoms with van der Waals surface area (Å²) in [5.74, 6) is 0. The topological polar surface area (TPSA) is 53.3 Å². The monoisotopic (exact) mass is 320 g/mol. The van der Waals surface area contributed by atoms with E-state index in [0.29, 0.717) is 0 Å². The summed E-state index contributed by atoms with van der Waals surface area (Å²) in [6.45, 7) is 6.06. The average molecular weight is 321 g/mol. The summed E-state index contributed by atoms with van der Waals surface area (Å²) < 4.78 is 0. The number of para-hydroxylation sites is 1. The van der Waals surface area contributed by atoms with Gasteiger partial charge in [-0.05, 0) is 38.1 Å². The van der Waals surface area contributed by atoms with E-state index in [4.69, 9.17) is 5.73 Å². The minimum Gasteiger partial charge on any atom is -0.373 e. The minimum atomic E-state index is 0.744. The Morgan fingerprint density at radius 2 is 1.35 bits per heavy atom.